The molecule has 2 amide bonds. The summed E-state index contributed by atoms with van der Waals surface area (Å²) in [7, 11) is 1.58. The van der Waals surface area contributed by atoms with Crippen molar-refractivity contribution in [2.45, 2.75) is 38.3 Å². The second-order valence-electron chi connectivity index (χ2n) is 9.42. The standard InChI is InChI=1S/C23H26N6O5/c1-22(2)19(30)25-15-11-13(5-6-16(15)34-22)24-20-26-14-7-10-33-17(14)18(27-20)29-9-8-23(3,12-29)28(4)21(31)32/h5-7,10-11H,8-9,12H2,1-4H3,(H,25,30)(H,31,32)(H,24,26,27). The van der Waals surface area contributed by atoms with Gasteiger partial charge in [0.1, 0.15) is 11.3 Å². The molecule has 0 aliphatic carbocycles. The fraction of sp³-hybridized carbons (Fsp3) is 0.391. The van der Waals surface area contributed by atoms with Gasteiger partial charge in [-0.25, -0.2) is 9.78 Å². The Bertz CT molecular complexity index is 1300. The van der Waals surface area contributed by atoms with Crippen LogP contribution < -0.4 is 20.3 Å². The smallest absolute Gasteiger partial charge is 0.407 e. The number of anilines is 4. The maximum Gasteiger partial charge on any atom is 0.407 e. The molecule has 1 unspecified atom stereocenters. The summed E-state index contributed by atoms with van der Waals surface area (Å²) < 4.78 is 11.5. The van der Waals surface area contributed by atoms with Crippen molar-refractivity contribution in [3.8, 4) is 5.75 Å². The van der Waals surface area contributed by atoms with E-state index in [9.17, 15) is 14.7 Å². The number of carboxylic acid groups (broad SMARTS) is 1. The van der Waals surface area contributed by atoms with Gasteiger partial charge in [-0.1, -0.05) is 0 Å². The lowest BCUT2D eigenvalue weighted by Gasteiger charge is -2.33. The Balaban J connectivity index is 1.44. The molecule has 4 heterocycles. The third-order valence-corrected chi connectivity index (χ3v) is 6.53. The molecule has 11 heteroatoms. The van der Waals surface area contributed by atoms with Crippen LogP contribution in [0.15, 0.2) is 34.9 Å². The van der Waals surface area contributed by atoms with Crippen molar-refractivity contribution in [3.05, 3.63) is 30.5 Å². The average molecular weight is 466 g/mol. The minimum Gasteiger partial charge on any atom is -0.476 e. The molecule has 3 aromatic rings. The number of amides is 2. The van der Waals surface area contributed by atoms with E-state index in [0.29, 0.717) is 59.5 Å². The molecule has 2 aliphatic heterocycles. The minimum atomic E-state index is -0.968. The minimum absolute atomic E-state index is 0.223. The lowest BCUT2D eigenvalue weighted by atomic mass is 10.0. The molecule has 0 bridgehead atoms. The largest absolute Gasteiger partial charge is 0.476 e. The predicted octanol–water partition coefficient (Wildman–Crippen LogP) is 3.65. The fourth-order valence-corrected chi connectivity index (χ4v) is 4.27. The number of benzene rings is 1. The lowest BCUT2D eigenvalue weighted by molar-refractivity contribution is -0.129. The highest BCUT2D eigenvalue weighted by atomic mass is 16.5. The van der Waals surface area contributed by atoms with Crippen molar-refractivity contribution < 1.29 is 23.8 Å². The Morgan fingerprint density at radius 1 is 1.26 bits per heavy atom. The summed E-state index contributed by atoms with van der Waals surface area (Å²) in [5.41, 5.74) is 0.919. The first-order valence-corrected chi connectivity index (χ1v) is 10.9. The van der Waals surface area contributed by atoms with Crippen LogP contribution in [-0.4, -0.2) is 63.3 Å². The molecule has 0 spiro atoms. The number of likely N-dealkylation sites (N-methyl/N-ethyl adjacent to an activating group) is 1. The van der Waals surface area contributed by atoms with Gasteiger partial charge in [-0.2, -0.15) is 4.98 Å². The molecule has 3 N–H and O–H groups in total. The summed E-state index contributed by atoms with van der Waals surface area (Å²) in [6.07, 6.45) is 1.24. The Hall–Kier alpha value is -4.02. The van der Waals surface area contributed by atoms with Gasteiger partial charge in [-0.3, -0.25) is 4.79 Å². The molecule has 1 atom stereocenters. The molecule has 5 rings (SSSR count). The van der Waals surface area contributed by atoms with Crippen LogP contribution in [0.4, 0.5) is 27.9 Å². The predicted molar refractivity (Wildman–Crippen MR) is 126 cm³/mol. The monoisotopic (exact) mass is 466 g/mol. The number of hydrogen-bond donors (Lipinski definition) is 3. The van der Waals surface area contributed by atoms with Crippen LogP contribution >= 0.6 is 0 Å². The van der Waals surface area contributed by atoms with Crippen molar-refractivity contribution in [3.63, 3.8) is 0 Å². The lowest BCUT2D eigenvalue weighted by Crippen LogP contribution is -2.48. The molecular weight excluding hydrogens is 440 g/mol. The zero-order valence-corrected chi connectivity index (χ0v) is 19.4. The summed E-state index contributed by atoms with van der Waals surface area (Å²) in [5, 5.41) is 15.5. The van der Waals surface area contributed by atoms with Crippen LogP contribution in [0.1, 0.15) is 27.2 Å². The molecule has 1 aromatic carbocycles. The molecule has 178 valence electrons. The second kappa shape index (κ2) is 7.51. The van der Waals surface area contributed by atoms with Crippen LogP contribution in [0.3, 0.4) is 0 Å². The Morgan fingerprint density at radius 3 is 2.82 bits per heavy atom. The van der Waals surface area contributed by atoms with Crippen molar-refractivity contribution >= 4 is 46.2 Å². The molecule has 0 saturated carbocycles. The summed E-state index contributed by atoms with van der Waals surface area (Å²) in [6.45, 7) is 6.44. The van der Waals surface area contributed by atoms with E-state index in [1.807, 2.05) is 17.9 Å². The van der Waals surface area contributed by atoms with E-state index < -0.39 is 17.2 Å². The molecule has 0 radical (unpaired) electrons. The number of aromatic nitrogens is 2. The first-order valence-electron chi connectivity index (χ1n) is 10.9. The SMILES string of the molecule is CN(C(=O)O)C1(C)CCN(c2nc(Nc3ccc4c(c3)NC(=O)C(C)(C)O4)nc3ccoc23)C1. The number of nitrogens with zero attached hydrogens (tertiary/aromatic N) is 4. The molecule has 1 fully saturated rings. The molecule has 2 aliphatic rings. The van der Waals surface area contributed by atoms with Gasteiger partial charge in [0.05, 0.1) is 17.5 Å². The first-order chi connectivity index (χ1) is 16.1. The summed E-state index contributed by atoms with van der Waals surface area (Å²) >= 11 is 0. The van der Waals surface area contributed by atoms with Crippen molar-refractivity contribution in [2.75, 3.05) is 35.7 Å². The van der Waals surface area contributed by atoms with Gasteiger partial charge < -0.3 is 34.7 Å². The summed E-state index contributed by atoms with van der Waals surface area (Å²) in [6, 6.07) is 7.13. The first kappa shape index (κ1) is 21.8. The van der Waals surface area contributed by atoms with Gasteiger partial charge in [0.2, 0.25) is 5.95 Å². The van der Waals surface area contributed by atoms with E-state index >= 15 is 0 Å². The van der Waals surface area contributed by atoms with Crippen LogP contribution in [0.25, 0.3) is 11.1 Å². The van der Waals surface area contributed by atoms with E-state index in [1.54, 1.807) is 45.4 Å². The zero-order chi connectivity index (χ0) is 24.3. The maximum absolute atomic E-state index is 12.3. The normalized spacial score (nSPS) is 21.1. The van der Waals surface area contributed by atoms with Gasteiger partial charge >= 0.3 is 6.09 Å². The van der Waals surface area contributed by atoms with E-state index in [0.717, 1.165) is 0 Å². The molecule has 34 heavy (non-hydrogen) atoms. The maximum atomic E-state index is 12.3. The number of nitrogens with one attached hydrogen (secondary N) is 2. The highest BCUT2D eigenvalue weighted by Crippen LogP contribution is 2.37. The van der Waals surface area contributed by atoms with Gasteiger partial charge in [0.25, 0.3) is 5.91 Å². The Labute approximate surface area is 195 Å². The van der Waals surface area contributed by atoms with E-state index in [2.05, 4.69) is 15.6 Å². The van der Waals surface area contributed by atoms with Crippen LogP contribution in [0, 0.1) is 0 Å². The van der Waals surface area contributed by atoms with Crippen LogP contribution in [0.5, 0.6) is 5.75 Å². The highest BCUT2D eigenvalue weighted by molar-refractivity contribution is 6.00. The third kappa shape index (κ3) is 3.62. The Kier molecular flexibility index (Phi) is 4.81. The second-order valence-corrected chi connectivity index (χ2v) is 9.42. The Morgan fingerprint density at radius 2 is 2.06 bits per heavy atom. The summed E-state index contributed by atoms with van der Waals surface area (Å²) in [4.78, 5) is 36.4. The van der Waals surface area contributed by atoms with Crippen molar-refractivity contribution in [2.24, 2.45) is 0 Å². The van der Waals surface area contributed by atoms with Crippen molar-refractivity contribution in [1.29, 1.82) is 0 Å². The number of furan rings is 1. The molecule has 1 saturated heterocycles. The quantitative estimate of drug-likeness (QED) is 0.527. The van der Waals surface area contributed by atoms with E-state index in [1.165, 1.54) is 4.90 Å². The van der Waals surface area contributed by atoms with Crippen molar-refractivity contribution in [1.82, 2.24) is 14.9 Å². The number of carbonyl (C=O) groups is 2. The number of fused-ring (bicyclic) bond motifs is 2. The highest BCUT2D eigenvalue weighted by Gasteiger charge is 2.41. The van der Waals surface area contributed by atoms with Gasteiger partial charge in [0, 0.05) is 31.9 Å². The van der Waals surface area contributed by atoms with Crippen LogP contribution in [-0.2, 0) is 4.79 Å². The van der Waals surface area contributed by atoms with Gasteiger partial charge in [-0.05, 0) is 45.4 Å². The number of hydrogen-bond acceptors (Lipinski definition) is 8. The van der Waals surface area contributed by atoms with E-state index in [4.69, 9.17) is 14.1 Å². The zero-order valence-electron chi connectivity index (χ0n) is 19.4. The number of ether oxygens (including phenoxy) is 1. The number of rotatable bonds is 4. The number of carbonyl (C=O) groups excluding carboxylic acids is 1. The fourth-order valence-electron chi connectivity index (χ4n) is 4.27. The molecular formula is C23H26N6O5. The third-order valence-electron chi connectivity index (χ3n) is 6.53. The summed E-state index contributed by atoms with van der Waals surface area (Å²) in [5.74, 6) is 1.31. The van der Waals surface area contributed by atoms with E-state index in [-0.39, 0.29) is 5.91 Å². The van der Waals surface area contributed by atoms with Gasteiger partial charge in [0.15, 0.2) is 17.0 Å². The average Bonchev–Trinajstić information content (AvgIpc) is 3.41. The molecule has 11 nitrogen and oxygen atoms in total. The van der Waals surface area contributed by atoms with Gasteiger partial charge in [-0.15, -0.1) is 0 Å². The topological polar surface area (TPSA) is 133 Å². The molecule has 2 aromatic heterocycles. The van der Waals surface area contributed by atoms with Crippen LogP contribution in [0.2, 0.25) is 0 Å².